The Morgan fingerprint density at radius 1 is 1.30 bits per heavy atom. The Labute approximate surface area is 119 Å². The lowest BCUT2D eigenvalue weighted by atomic mass is 9.74. The van der Waals surface area contributed by atoms with Crippen LogP contribution in [-0.4, -0.2) is 67.7 Å². The van der Waals surface area contributed by atoms with Gasteiger partial charge in [-0.3, -0.25) is 9.69 Å². The summed E-state index contributed by atoms with van der Waals surface area (Å²) >= 11 is 0. The lowest BCUT2D eigenvalue weighted by Gasteiger charge is -2.45. The summed E-state index contributed by atoms with van der Waals surface area (Å²) in [7, 11) is 0. The van der Waals surface area contributed by atoms with Gasteiger partial charge in [0.25, 0.3) is 0 Å². The molecule has 0 aromatic carbocycles. The highest BCUT2D eigenvalue weighted by Crippen LogP contribution is 2.35. The lowest BCUT2D eigenvalue weighted by molar-refractivity contribution is -0.129. The molecule has 0 aromatic heterocycles. The molecule has 2 amide bonds. The highest BCUT2D eigenvalue weighted by Gasteiger charge is 2.38. The van der Waals surface area contributed by atoms with Gasteiger partial charge in [-0.15, -0.1) is 0 Å². The third-order valence-corrected chi connectivity index (χ3v) is 4.72. The predicted octanol–water partition coefficient (Wildman–Crippen LogP) is 0.431. The molecule has 3 rings (SSSR count). The molecule has 1 N–H and O–H groups in total. The van der Waals surface area contributed by atoms with Crippen LogP contribution in [0.3, 0.4) is 0 Å². The SMILES string of the molecule is O=C(CN1CCCC2(CCCNC2)C1)N1CCOC1=O. The van der Waals surface area contributed by atoms with E-state index in [1.165, 1.54) is 24.2 Å². The smallest absolute Gasteiger partial charge is 0.416 e. The van der Waals surface area contributed by atoms with E-state index < -0.39 is 6.09 Å². The molecule has 6 heteroatoms. The van der Waals surface area contributed by atoms with Crippen LogP contribution in [0.15, 0.2) is 0 Å². The standard InChI is InChI=1S/C14H23N3O3/c18-12(17-7-8-20-13(17)19)9-16-6-2-4-14(11-16)3-1-5-15-10-14/h15H,1-11H2. The van der Waals surface area contributed by atoms with Crippen molar-refractivity contribution in [1.29, 1.82) is 0 Å². The van der Waals surface area contributed by atoms with Crippen molar-refractivity contribution in [3.05, 3.63) is 0 Å². The second kappa shape index (κ2) is 5.69. The zero-order chi connectivity index (χ0) is 14.0. The van der Waals surface area contributed by atoms with Crippen molar-refractivity contribution in [2.24, 2.45) is 5.41 Å². The summed E-state index contributed by atoms with van der Waals surface area (Å²) in [5.74, 6) is -0.117. The molecule has 3 fully saturated rings. The Hall–Kier alpha value is -1.14. The molecule has 3 saturated heterocycles. The number of nitrogens with zero attached hydrogens (tertiary/aromatic N) is 2. The first-order valence-corrected chi connectivity index (χ1v) is 7.59. The van der Waals surface area contributed by atoms with E-state index in [0.717, 1.165) is 32.6 Å². The van der Waals surface area contributed by atoms with Gasteiger partial charge in [-0.05, 0) is 44.2 Å². The van der Waals surface area contributed by atoms with Crippen LogP contribution in [0, 0.1) is 5.41 Å². The number of ether oxygens (including phenoxy) is 1. The molecule has 0 aliphatic carbocycles. The molecular weight excluding hydrogens is 258 g/mol. The number of hydrogen-bond donors (Lipinski definition) is 1. The molecule has 3 heterocycles. The molecule has 20 heavy (non-hydrogen) atoms. The van der Waals surface area contributed by atoms with Crippen LogP contribution in [0.1, 0.15) is 25.7 Å². The van der Waals surface area contributed by atoms with Crippen LogP contribution in [-0.2, 0) is 9.53 Å². The zero-order valence-corrected chi connectivity index (χ0v) is 11.9. The summed E-state index contributed by atoms with van der Waals surface area (Å²) in [6.07, 6.45) is 4.37. The van der Waals surface area contributed by atoms with E-state index in [1.54, 1.807) is 0 Å². The van der Waals surface area contributed by atoms with E-state index in [2.05, 4.69) is 10.2 Å². The second-order valence-corrected chi connectivity index (χ2v) is 6.25. The van der Waals surface area contributed by atoms with Crippen LogP contribution < -0.4 is 5.32 Å². The van der Waals surface area contributed by atoms with Crippen LogP contribution in [0.2, 0.25) is 0 Å². The zero-order valence-electron chi connectivity index (χ0n) is 11.9. The van der Waals surface area contributed by atoms with Crippen molar-refractivity contribution in [1.82, 2.24) is 15.1 Å². The van der Waals surface area contributed by atoms with E-state index >= 15 is 0 Å². The maximum absolute atomic E-state index is 12.2. The lowest BCUT2D eigenvalue weighted by Crippen LogP contribution is -2.53. The molecule has 0 radical (unpaired) electrons. The summed E-state index contributed by atoms with van der Waals surface area (Å²) in [6.45, 7) is 5.17. The van der Waals surface area contributed by atoms with Gasteiger partial charge in [0.1, 0.15) is 6.61 Å². The topological polar surface area (TPSA) is 61.9 Å². The highest BCUT2D eigenvalue weighted by molar-refractivity contribution is 5.94. The van der Waals surface area contributed by atoms with E-state index in [9.17, 15) is 9.59 Å². The van der Waals surface area contributed by atoms with Gasteiger partial charge in [-0.25, -0.2) is 9.69 Å². The molecule has 0 saturated carbocycles. The normalized spacial score (nSPS) is 31.6. The van der Waals surface area contributed by atoms with Crippen LogP contribution in [0.5, 0.6) is 0 Å². The van der Waals surface area contributed by atoms with E-state index in [-0.39, 0.29) is 5.91 Å². The molecule has 6 nitrogen and oxygen atoms in total. The molecule has 112 valence electrons. The summed E-state index contributed by atoms with van der Waals surface area (Å²) in [6, 6.07) is 0. The molecule has 1 spiro atoms. The van der Waals surface area contributed by atoms with E-state index in [1.807, 2.05) is 0 Å². The van der Waals surface area contributed by atoms with Gasteiger partial charge in [0, 0.05) is 13.1 Å². The summed E-state index contributed by atoms with van der Waals surface area (Å²) in [5, 5.41) is 3.49. The fourth-order valence-corrected chi connectivity index (χ4v) is 3.72. The quantitative estimate of drug-likeness (QED) is 0.795. The monoisotopic (exact) mass is 281 g/mol. The largest absolute Gasteiger partial charge is 0.447 e. The number of piperidine rings is 2. The van der Waals surface area contributed by atoms with Crippen molar-refractivity contribution >= 4 is 12.0 Å². The molecule has 3 aliphatic rings. The number of cyclic esters (lactones) is 1. The van der Waals surface area contributed by atoms with Crippen molar-refractivity contribution in [3.63, 3.8) is 0 Å². The first kappa shape index (κ1) is 13.8. The van der Waals surface area contributed by atoms with Gasteiger partial charge < -0.3 is 10.1 Å². The Bertz CT molecular complexity index is 388. The van der Waals surface area contributed by atoms with Gasteiger partial charge in [0.15, 0.2) is 0 Å². The van der Waals surface area contributed by atoms with Crippen LogP contribution in [0.25, 0.3) is 0 Å². The van der Waals surface area contributed by atoms with Gasteiger partial charge in [0.05, 0.1) is 13.1 Å². The number of rotatable bonds is 2. The number of carbonyl (C=O) groups is 2. The molecule has 0 bridgehead atoms. The maximum atomic E-state index is 12.2. The summed E-state index contributed by atoms with van der Waals surface area (Å²) < 4.78 is 4.82. The van der Waals surface area contributed by atoms with Crippen molar-refractivity contribution < 1.29 is 14.3 Å². The third-order valence-electron chi connectivity index (χ3n) is 4.72. The minimum Gasteiger partial charge on any atom is -0.447 e. The summed E-state index contributed by atoms with van der Waals surface area (Å²) in [5.41, 5.74) is 0.336. The Morgan fingerprint density at radius 2 is 2.15 bits per heavy atom. The van der Waals surface area contributed by atoms with Crippen molar-refractivity contribution in [2.45, 2.75) is 25.7 Å². The Morgan fingerprint density at radius 3 is 2.85 bits per heavy atom. The van der Waals surface area contributed by atoms with E-state index in [4.69, 9.17) is 4.74 Å². The Balaban J connectivity index is 1.57. The first-order valence-electron chi connectivity index (χ1n) is 7.59. The molecule has 0 aromatic rings. The first-order chi connectivity index (χ1) is 9.69. The number of carbonyl (C=O) groups excluding carboxylic acids is 2. The summed E-state index contributed by atoms with van der Waals surface area (Å²) in [4.78, 5) is 27.0. The van der Waals surface area contributed by atoms with E-state index in [0.29, 0.717) is 25.1 Å². The minimum atomic E-state index is -0.485. The van der Waals surface area contributed by atoms with Crippen LogP contribution >= 0.6 is 0 Å². The average Bonchev–Trinajstić information content (AvgIpc) is 2.86. The molecule has 1 atom stereocenters. The van der Waals surface area contributed by atoms with Gasteiger partial charge in [-0.2, -0.15) is 0 Å². The minimum absolute atomic E-state index is 0.117. The van der Waals surface area contributed by atoms with Gasteiger partial charge >= 0.3 is 6.09 Å². The highest BCUT2D eigenvalue weighted by atomic mass is 16.6. The Kier molecular flexibility index (Phi) is 3.94. The molecule has 3 aliphatic heterocycles. The van der Waals surface area contributed by atoms with Crippen molar-refractivity contribution in [3.8, 4) is 0 Å². The molecular formula is C14H23N3O3. The molecule has 1 unspecified atom stereocenters. The number of amides is 2. The third kappa shape index (κ3) is 2.81. The number of hydrogen-bond acceptors (Lipinski definition) is 5. The fourth-order valence-electron chi connectivity index (χ4n) is 3.72. The average molecular weight is 281 g/mol. The van der Waals surface area contributed by atoms with Crippen molar-refractivity contribution in [2.75, 3.05) is 45.9 Å². The number of likely N-dealkylation sites (tertiary alicyclic amines) is 1. The number of nitrogens with one attached hydrogen (secondary N) is 1. The number of imide groups is 1. The van der Waals surface area contributed by atoms with Gasteiger partial charge in [-0.1, -0.05) is 0 Å². The maximum Gasteiger partial charge on any atom is 0.416 e. The van der Waals surface area contributed by atoms with Gasteiger partial charge in [0.2, 0.25) is 5.91 Å². The van der Waals surface area contributed by atoms with Crippen LogP contribution in [0.4, 0.5) is 4.79 Å². The second-order valence-electron chi connectivity index (χ2n) is 6.25. The fraction of sp³-hybridized carbons (Fsp3) is 0.857. The predicted molar refractivity (Wildman–Crippen MR) is 73.3 cm³/mol.